The molecular formula is C54H61N5O4. The largest absolute Gasteiger partial charge is 0.309 e. The third-order valence-electron chi connectivity index (χ3n) is 15.5. The maximum absolute atomic E-state index is 14.9. The number of imide groups is 1. The van der Waals surface area contributed by atoms with Crippen LogP contribution < -0.4 is 0 Å². The molecule has 9 heteroatoms. The molecule has 0 saturated carbocycles. The topological polar surface area (TPSA) is 84.5 Å². The Balaban J connectivity index is 1.20. The van der Waals surface area contributed by atoms with E-state index in [9.17, 15) is 19.2 Å². The summed E-state index contributed by atoms with van der Waals surface area (Å²) in [6.07, 6.45) is 12.0. The van der Waals surface area contributed by atoms with E-state index in [1.165, 1.54) is 54.6 Å². The second-order valence-corrected chi connectivity index (χ2v) is 20.1. The Morgan fingerprint density at radius 1 is 0.476 bits per heavy atom. The highest BCUT2D eigenvalue weighted by Gasteiger charge is 2.41. The van der Waals surface area contributed by atoms with Crippen molar-refractivity contribution in [2.45, 2.75) is 77.0 Å². The molecule has 3 heterocycles. The summed E-state index contributed by atoms with van der Waals surface area (Å²) in [5.41, 5.74) is 4.91. The number of amides is 2. The highest BCUT2D eigenvalue weighted by Crippen LogP contribution is 2.54. The molecule has 7 aromatic rings. The van der Waals surface area contributed by atoms with Gasteiger partial charge in [0.05, 0.1) is 5.92 Å². The van der Waals surface area contributed by atoms with Crippen LogP contribution in [-0.2, 0) is 12.8 Å². The smallest absolute Gasteiger partial charge is 0.261 e. The third kappa shape index (κ3) is 6.62. The monoisotopic (exact) mass is 843 g/mol. The summed E-state index contributed by atoms with van der Waals surface area (Å²) in [6, 6.07) is 13.0. The molecule has 1 atom stereocenters. The first kappa shape index (κ1) is 40.9. The summed E-state index contributed by atoms with van der Waals surface area (Å²) >= 11 is 0. The van der Waals surface area contributed by atoms with Crippen LogP contribution in [0.1, 0.15) is 117 Å². The summed E-state index contributed by atoms with van der Waals surface area (Å²) in [5.74, 6) is -1.22. The predicted octanol–water partition coefficient (Wildman–Crippen LogP) is 9.25. The van der Waals surface area contributed by atoms with Crippen LogP contribution in [0, 0.1) is 5.92 Å². The van der Waals surface area contributed by atoms with E-state index in [-0.39, 0.29) is 23.4 Å². The van der Waals surface area contributed by atoms with Gasteiger partial charge in [0.25, 0.3) is 11.8 Å². The highest BCUT2D eigenvalue weighted by atomic mass is 16.2. The Hall–Kier alpha value is -4.80. The van der Waals surface area contributed by atoms with Crippen LogP contribution in [0.4, 0.5) is 0 Å². The van der Waals surface area contributed by atoms with Crippen molar-refractivity contribution in [1.82, 2.24) is 24.5 Å². The molecule has 63 heavy (non-hydrogen) atoms. The zero-order valence-corrected chi connectivity index (χ0v) is 37.8. The molecule has 0 radical (unpaired) electrons. The van der Waals surface area contributed by atoms with Crippen molar-refractivity contribution in [2.24, 2.45) is 5.92 Å². The first-order valence-electron chi connectivity index (χ1n) is 24.1. The molecule has 0 bridgehead atoms. The van der Waals surface area contributed by atoms with E-state index < -0.39 is 5.92 Å². The van der Waals surface area contributed by atoms with Gasteiger partial charge in [0.1, 0.15) is 0 Å². The fourth-order valence-electron chi connectivity index (χ4n) is 12.4. The molecule has 0 spiro atoms. The second kappa shape index (κ2) is 16.0. The van der Waals surface area contributed by atoms with Crippen molar-refractivity contribution in [3.05, 3.63) is 69.8 Å². The van der Waals surface area contributed by atoms with Crippen LogP contribution in [0.25, 0.3) is 64.6 Å². The number of hydrogen-bond acceptors (Lipinski definition) is 8. The first-order valence-corrected chi connectivity index (χ1v) is 24.1. The number of carbonyl (C=O) groups excluding carboxylic acids is 4. The quantitative estimate of drug-likeness (QED) is 0.0332. The van der Waals surface area contributed by atoms with E-state index in [0.717, 1.165) is 143 Å². The minimum atomic E-state index is -0.695. The van der Waals surface area contributed by atoms with E-state index in [1.807, 2.05) is 14.1 Å². The van der Waals surface area contributed by atoms with Crippen molar-refractivity contribution in [3.8, 4) is 0 Å². The predicted molar refractivity (Wildman–Crippen MR) is 256 cm³/mol. The van der Waals surface area contributed by atoms with E-state index in [2.05, 4.69) is 70.1 Å². The molecule has 3 aliphatic heterocycles. The molecule has 0 unspecified atom stereocenters. The Kier molecular flexibility index (Phi) is 10.4. The maximum atomic E-state index is 14.9. The van der Waals surface area contributed by atoms with E-state index in [4.69, 9.17) is 0 Å². The Morgan fingerprint density at radius 3 is 1.48 bits per heavy atom. The van der Waals surface area contributed by atoms with Crippen LogP contribution >= 0.6 is 0 Å². The molecule has 0 N–H and O–H groups in total. The van der Waals surface area contributed by atoms with Gasteiger partial charge in [-0.25, -0.2) is 0 Å². The molecule has 2 fully saturated rings. The van der Waals surface area contributed by atoms with E-state index in [1.54, 1.807) is 0 Å². The average Bonchev–Trinajstić information content (AvgIpc) is 3.28. The van der Waals surface area contributed by atoms with Gasteiger partial charge < -0.3 is 19.6 Å². The van der Waals surface area contributed by atoms with Gasteiger partial charge >= 0.3 is 0 Å². The fourth-order valence-corrected chi connectivity index (χ4v) is 12.4. The summed E-state index contributed by atoms with van der Waals surface area (Å²) < 4.78 is 0. The summed E-state index contributed by atoms with van der Waals surface area (Å²) in [7, 11) is 8.17. The standard InChI is InChI=1S/C54H61N5O4/c1-55(2)17-12-7-14-36-51(60)39-28-34-26-33(16-25-58-21-10-6-11-22-58)38-31-42-46-41(53(62)59(54(42)63)23-13-18-56(3)4)29-35-27-32(15-24-57-19-8-5-9-20-57)37-30-40(52(36)61)45(39)49-43(34)48(38)50(46)44(35)47(37)49/h26-31,36H,5-25H2,1-4H3/t36-/m1/s1. The number of carbonyl (C=O) groups is 4. The lowest BCUT2D eigenvalue weighted by atomic mass is 9.71. The third-order valence-corrected chi connectivity index (χ3v) is 15.5. The number of rotatable bonds is 15. The normalized spacial score (nSPS) is 19.3. The Morgan fingerprint density at radius 2 is 0.937 bits per heavy atom. The van der Waals surface area contributed by atoms with Crippen LogP contribution in [0.2, 0.25) is 0 Å². The highest BCUT2D eigenvalue weighted by molar-refractivity contribution is 6.50. The van der Waals surface area contributed by atoms with Crippen molar-refractivity contribution in [3.63, 3.8) is 0 Å². The number of unbranched alkanes of at least 4 members (excludes halogenated alkanes) is 1. The number of hydrogen-bond donors (Lipinski definition) is 0. The van der Waals surface area contributed by atoms with Gasteiger partial charge in [-0.3, -0.25) is 24.1 Å². The molecule has 326 valence electrons. The van der Waals surface area contributed by atoms with Crippen LogP contribution in [0.3, 0.4) is 0 Å². The molecule has 7 aromatic carbocycles. The number of benzene rings is 7. The van der Waals surface area contributed by atoms with Crippen molar-refractivity contribution in [2.75, 3.05) is 87.1 Å². The maximum Gasteiger partial charge on any atom is 0.261 e. The van der Waals surface area contributed by atoms with E-state index in [0.29, 0.717) is 41.6 Å². The van der Waals surface area contributed by atoms with Gasteiger partial charge in [0, 0.05) is 63.4 Å². The lowest BCUT2D eigenvalue weighted by Gasteiger charge is -2.33. The van der Waals surface area contributed by atoms with Gasteiger partial charge in [-0.1, -0.05) is 31.4 Å². The lowest BCUT2D eigenvalue weighted by molar-refractivity contribution is 0.0604. The number of Topliss-reactive ketones (excluding diaryl/α,β-unsaturated/α-hetero) is 2. The molecular weight excluding hydrogens is 783 g/mol. The summed E-state index contributed by atoms with van der Waals surface area (Å²) in [6.45, 7) is 8.26. The summed E-state index contributed by atoms with van der Waals surface area (Å²) in [5, 5.41) is 11.9. The van der Waals surface area contributed by atoms with Crippen molar-refractivity contribution < 1.29 is 19.2 Å². The minimum absolute atomic E-state index is 0.0447. The molecule has 9 nitrogen and oxygen atoms in total. The van der Waals surface area contributed by atoms with Crippen molar-refractivity contribution >= 4 is 88.0 Å². The molecule has 2 amide bonds. The number of nitrogens with zero attached hydrogens (tertiary/aromatic N) is 5. The minimum Gasteiger partial charge on any atom is -0.309 e. The molecule has 11 rings (SSSR count). The van der Waals surface area contributed by atoms with Gasteiger partial charge in [0.2, 0.25) is 0 Å². The number of ketones is 2. The first-order chi connectivity index (χ1) is 30.6. The summed E-state index contributed by atoms with van der Waals surface area (Å²) in [4.78, 5) is 70.4. The van der Waals surface area contributed by atoms with Gasteiger partial charge in [-0.05, 0) is 204 Å². The number of piperidine rings is 2. The molecule has 4 aliphatic rings. The number of likely N-dealkylation sites (tertiary alicyclic amines) is 2. The SMILES string of the molecule is CN(C)CCCC[C@@H]1C(=O)c2cc3cc(CCN4CCCCC4)c4cc5c6c(cc7cc(CCN8CCCCC8)c8cc(c2c2c3c4c6c7c82)C1=O)C(=O)N(CCCN(C)C)C5=O. The van der Waals surface area contributed by atoms with E-state index >= 15 is 0 Å². The van der Waals surface area contributed by atoms with Crippen LogP contribution in [0.15, 0.2) is 36.4 Å². The fraction of sp³-hybridized carbons (Fsp3) is 0.481. The lowest BCUT2D eigenvalue weighted by Crippen LogP contribution is -2.41. The van der Waals surface area contributed by atoms with Gasteiger partial charge in [-0.15, -0.1) is 0 Å². The van der Waals surface area contributed by atoms with Crippen LogP contribution in [0.5, 0.6) is 0 Å². The molecule has 2 saturated heterocycles. The van der Waals surface area contributed by atoms with Crippen molar-refractivity contribution in [1.29, 1.82) is 0 Å². The zero-order chi connectivity index (χ0) is 43.3. The molecule has 1 aliphatic carbocycles. The van der Waals surface area contributed by atoms with Crippen LogP contribution in [-0.4, -0.2) is 135 Å². The second-order valence-electron chi connectivity index (χ2n) is 20.1. The molecule has 0 aromatic heterocycles. The zero-order valence-electron chi connectivity index (χ0n) is 37.8. The van der Waals surface area contributed by atoms with Gasteiger partial charge in [-0.2, -0.15) is 0 Å². The van der Waals surface area contributed by atoms with Gasteiger partial charge in [0.15, 0.2) is 11.6 Å². The average molecular weight is 844 g/mol. The Labute approximate surface area is 370 Å². The Bertz CT molecular complexity index is 2960.